The fraction of sp³-hybridized carbons (Fsp3) is 0.588. The zero-order chi connectivity index (χ0) is 15.1. The molecule has 21 heavy (non-hydrogen) atoms. The molecule has 1 aliphatic rings. The van der Waals surface area contributed by atoms with Crippen LogP contribution in [0.25, 0.3) is 0 Å². The number of nitrogens with one attached hydrogen (secondary N) is 1. The lowest BCUT2D eigenvalue weighted by Crippen LogP contribution is -2.35. The number of rotatable bonds is 6. The maximum atomic E-state index is 12.0. The van der Waals surface area contributed by atoms with Crippen LogP contribution in [0.5, 0.6) is 0 Å². The molecular formula is C17H27N3O. The highest BCUT2D eigenvalue weighted by Crippen LogP contribution is 2.21. The maximum absolute atomic E-state index is 12.0. The number of benzene rings is 1. The molecule has 0 bridgehead atoms. The average molecular weight is 289 g/mol. The normalized spacial score (nSPS) is 16.1. The number of carbonyl (C=O) groups excluding carboxylic acids is 1. The molecule has 0 heterocycles. The standard InChI is InChI=1S/C17H27N3O/c1-20(16-8-3-2-4-9-16)11-10-17(21)19-15-7-5-6-14(12-15)13-18/h5-7,12,16H,2-4,8-11,13,18H2,1H3,(H,19,21). The van der Waals surface area contributed by atoms with E-state index in [1.165, 1.54) is 32.1 Å². The summed E-state index contributed by atoms with van der Waals surface area (Å²) in [5, 5.41) is 2.95. The van der Waals surface area contributed by atoms with Crippen molar-refractivity contribution in [3.05, 3.63) is 29.8 Å². The third-order valence-corrected chi connectivity index (χ3v) is 4.34. The number of nitrogens with zero attached hydrogens (tertiary/aromatic N) is 1. The molecule has 0 unspecified atom stereocenters. The second-order valence-corrected chi connectivity index (χ2v) is 5.98. The molecule has 1 fully saturated rings. The summed E-state index contributed by atoms with van der Waals surface area (Å²) in [7, 11) is 2.14. The van der Waals surface area contributed by atoms with E-state index in [1.807, 2.05) is 24.3 Å². The predicted octanol–water partition coefficient (Wildman–Crippen LogP) is 2.74. The smallest absolute Gasteiger partial charge is 0.225 e. The van der Waals surface area contributed by atoms with Gasteiger partial charge in [-0.2, -0.15) is 0 Å². The van der Waals surface area contributed by atoms with Crippen LogP contribution in [0.3, 0.4) is 0 Å². The van der Waals surface area contributed by atoms with Crippen LogP contribution >= 0.6 is 0 Å². The lowest BCUT2D eigenvalue weighted by atomic mass is 9.94. The minimum Gasteiger partial charge on any atom is -0.326 e. The van der Waals surface area contributed by atoms with Gasteiger partial charge in [0.05, 0.1) is 0 Å². The van der Waals surface area contributed by atoms with Crippen molar-refractivity contribution in [3.8, 4) is 0 Å². The van der Waals surface area contributed by atoms with Crippen LogP contribution in [0.1, 0.15) is 44.1 Å². The minimum absolute atomic E-state index is 0.0758. The first-order chi connectivity index (χ1) is 10.2. The zero-order valence-electron chi connectivity index (χ0n) is 13.0. The summed E-state index contributed by atoms with van der Waals surface area (Å²) in [6.45, 7) is 1.32. The monoisotopic (exact) mass is 289 g/mol. The van der Waals surface area contributed by atoms with Crippen LogP contribution in [-0.2, 0) is 11.3 Å². The molecule has 1 amide bonds. The fourth-order valence-corrected chi connectivity index (χ4v) is 2.98. The van der Waals surface area contributed by atoms with Gasteiger partial charge in [-0.25, -0.2) is 0 Å². The molecule has 2 rings (SSSR count). The van der Waals surface area contributed by atoms with E-state index in [9.17, 15) is 4.79 Å². The van der Waals surface area contributed by atoms with Crippen LogP contribution < -0.4 is 11.1 Å². The Balaban J connectivity index is 1.76. The van der Waals surface area contributed by atoms with Gasteiger partial charge < -0.3 is 16.0 Å². The van der Waals surface area contributed by atoms with Gasteiger partial charge in [0.2, 0.25) is 5.91 Å². The van der Waals surface area contributed by atoms with Crippen molar-refractivity contribution in [3.63, 3.8) is 0 Å². The summed E-state index contributed by atoms with van der Waals surface area (Å²) in [5.74, 6) is 0.0758. The SMILES string of the molecule is CN(CCC(=O)Nc1cccc(CN)c1)C1CCCCC1. The van der Waals surface area contributed by atoms with Crippen molar-refractivity contribution in [2.45, 2.75) is 51.1 Å². The van der Waals surface area contributed by atoms with Gasteiger partial charge in [0.1, 0.15) is 0 Å². The molecule has 0 aromatic heterocycles. The largest absolute Gasteiger partial charge is 0.326 e. The van der Waals surface area contributed by atoms with E-state index in [2.05, 4.69) is 17.3 Å². The van der Waals surface area contributed by atoms with Crippen molar-refractivity contribution < 1.29 is 4.79 Å². The second-order valence-electron chi connectivity index (χ2n) is 5.98. The highest BCUT2D eigenvalue weighted by atomic mass is 16.1. The van der Waals surface area contributed by atoms with Crippen molar-refractivity contribution in [2.75, 3.05) is 18.9 Å². The number of amides is 1. The third kappa shape index (κ3) is 5.14. The Morgan fingerprint density at radius 2 is 2.10 bits per heavy atom. The Labute approximate surface area is 127 Å². The molecule has 0 saturated heterocycles. The Kier molecular flexibility index (Phi) is 6.21. The van der Waals surface area contributed by atoms with Crippen molar-refractivity contribution >= 4 is 11.6 Å². The molecule has 0 radical (unpaired) electrons. The van der Waals surface area contributed by atoms with Crippen LogP contribution in [0.4, 0.5) is 5.69 Å². The number of hydrogen-bond donors (Lipinski definition) is 2. The average Bonchev–Trinajstić information content (AvgIpc) is 2.53. The van der Waals surface area contributed by atoms with E-state index in [-0.39, 0.29) is 5.91 Å². The van der Waals surface area contributed by atoms with E-state index in [1.54, 1.807) is 0 Å². The summed E-state index contributed by atoms with van der Waals surface area (Å²) >= 11 is 0. The highest BCUT2D eigenvalue weighted by molar-refractivity contribution is 5.90. The zero-order valence-corrected chi connectivity index (χ0v) is 13.0. The quantitative estimate of drug-likeness (QED) is 0.846. The summed E-state index contributed by atoms with van der Waals surface area (Å²) < 4.78 is 0. The highest BCUT2D eigenvalue weighted by Gasteiger charge is 2.18. The molecule has 4 heteroatoms. The predicted molar refractivity (Wildman–Crippen MR) is 87.1 cm³/mol. The lowest BCUT2D eigenvalue weighted by Gasteiger charge is -2.30. The van der Waals surface area contributed by atoms with Gasteiger partial charge >= 0.3 is 0 Å². The lowest BCUT2D eigenvalue weighted by molar-refractivity contribution is -0.116. The fourth-order valence-electron chi connectivity index (χ4n) is 2.98. The van der Waals surface area contributed by atoms with Gasteiger partial charge in [0, 0.05) is 31.2 Å². The number of hydrogen-bond acceptors (Lipinski definition) is 3. The molecule has 0 aliphatic heterocycles. The molecule has 0 spiro atoms. The molecule has 0 atom stereocenters. The Bertz CT molecular complexity index is 455. The van der Waals surface area contributed by atoms with E-state index < -0.39 is 0 Å². The first-order valence-corrected chi connectivity index (χ1v) is 7.98. The summed E-state index contributed by atoms with van der Waals surface area (Å²) in [5.41, 5.74) is 7.48. The summed E-state index contributed by atoms with van der Waals surface area (Å²) in [4.78, 5) is 14.4. The van der Waals surface area contributed by atoms with Crippen molar-refractivity contribution in [1.82, 2.24) is 4.90 Å². The summed E-state index contributed by atoms with van der Waals surface area (Å²) in [6, 6.07) is 8.38. The Morgan fingerprint density at radius 3 is 2.81 bits per heavy atom. The molecule has 3 N–H and O–H groups in total. The van der Waals surface area contributed by atoms with Crippen molar-refractivity contribution in [2.24, 2.45) is 5.73 Å². The van der Waals surface area contributed by atoms with Crippen LogP contribution in [0.15, 0.2) is 24.3 Å². The third-order valence-electron chi connectivity index (χ3n) is 4.34. The van der Waals surface area contributed by atoms with Gasteiger partial charge in [0.15, 0.2) is 0 Å². The van der Waals surface area contributed by atoms with Crippen LogP contribution in [0, 0.1) is 0 Å². The molecule has 1 aromatic rings. The van der Waals surface area contributed by atoms with E-state index in [0.29, 0.717) is 19.0 Å². The number of anilines is 1. The van der Waals surface area contributed by atoms with E-state index in [0.717, 1.165) is 17.8 Å². The topological polar surface area (TPSA) is 58.4 Å². The molecule has 1 aromatic carbocycles. The van der Waals surface area contributed by atoms with E-state index >= 15 is 0 Å². The van der Waals surface area contributed by atoms with Gasteiger partial charge in [-0.15, -0.1) is 0 Å². The van der Waals surface area contributed by atoms with Crippen LogP contribution in [-0.4, -0.2) is 30.4 Å². The van der Waals surface area contributed by atoms with Gasteiger partial charge in [-0.1, -0.05) is 31.4 Å². The van der Waals surface area contributed by atoms with Gasteiger partial charge in [0.25, 0.3) is 0 Å². The molecular weight excluding hydrogens is 262 g/mol. The Hall–Kier alpha value is -1.39. The number of nitrogens with two attached hydrogens (primary N) is 1. The molecule has 1 saturated carbocycles. The van der Waals surface area contributed by atoms with E-state index in [4.69, 9.17) is 5.73 Å². The van der Waals surface area contributed by atoms with Gasteiger partial charge in [-0.05, 0) is 37.6 Å². The van der Waals surface area contributed by atoms with Gasteiger partial charge in [-0.3, -0.25) is 4.79 Å². The number of carbonyl (C=O) groups is 1. The first kappa shape index (κ1) is 16.0. The Morgan fingerprint density at radius 1 is 1.33 bits per heavy atom. The molecule has 4 nitrogen and oxygen atoms in total. The van der Waals surface area contributed by atoms with Crippen molar-refractivity contribution in [1.29, 1.82) is 0 Å². The minimum atomic E-state index is 0.0758. The molecule has 1 aliphatic carbocycles. The molecule has 116 valence electrons. The van der Waals surface area contributed by atoms with Crippen LogP contribution in [0.2, 0.25) is 0 Å². The second kappa shape index (κ2) is 8.15. The first-order valence-electron chi connectivity index (χ1n) is 7.98. The summed E-state index contributed by atoms with van der Waals surface area (Å²) in [6.07, 6.45) is 7.11. The maximum Gasteiger partial charge on any atom is 0.225 e.